The Bertz CT molecular complexity index is 995. The highest BCUT2D eigenvalue weighted by Gasteiger charge is 2.32. The van der Waals surface area contributed by atoms with E-state index in [1.54, 1.807) is 12.1 Å². The van der Waals surface area contributed by atoms with Crippen LogP contribution >= 0.6 is 0 Å². The van der Waals surface area contributed by atoms with Gasteiger partial charge in [-0.25, -0.2) is 9.78 Å². The van der Waals surface area contributed by atoms with Crippen LogP contribution < -0.4 is 10.2 Å². The summed E-state index contributed by atoms with van der Waals surface area (Å²) in [6, 6.07) is 11.4. The van der Waals surface area contributed by atoms with Gasteiger partial charge in [-0.15, -0.1) is 0 Å². The molecule has 0 unspecified atom stereocenters. The van der Waals surface area contributed by atoms with Crippen LogP contribution in [-0.2, 0) is 6.42 Å². The number of rotatable bonds is 7. The smallest absolute Gasteiger partial charge is 0.407 e. The third kappa shape index (κ3) is 5.88. The van der Waals surface area contributed by atoms with E-state index in [1.165, 1.54) is 4.90 Å². The van der Waals surface area contributed by atoms with E-state index in [0.29, 0.717) is 18.1 Å². The first-order valence-corrected chi connectivity index (χ1v) is 11.1. The van der Waals surface area contributed by atoms with E-state index in [0.717, 1.165) is 49.6 Å². The van der Waals surface area contributed by atoms with Crippen LogP contribution in [0.15, 0.2) is 30.3 Å². The summed E-state index contributed by atoms with van der Waals surface area (Å²) < 4.78 is 0. The molecule has 0 aliphatic carbocycles. The van der Waals surface area contributed by atoms with Crippen molar-refractivity contribution in [3.05, 3.63) is 41.6 Å². The first-order chi connectivity index (χ1) is 15.2. The van der Waals surface area contributed by atoms with Crippen LogP contribution in [0.25, 0.3) is 0 Å². The van der Waals surface area contributed by atoms with Crippen LogP contribution in [0.1, 0.15) is 51.8 Å². The predicted molar refractivity (Wildman–Crippen MR) is 125 cm³/mol. The Labute approximate surface area is 189 Å². The molecular weight excluding hydrogens is 404 g/mol. The molecule has 0 saturated carbocycles. The van der Waals surface area contributed by atoms with E-state index in [-0.39, 0.29) is 5.92 Å². The van der Waals surface area contributed by atoms with Crippen molar-refractivity contribution in [2.75, 3.05) is 29.9 Å². The number of carbonyl (C=O) groups is 1. The molecule has 3 rings (SSSR count). The summed E-state index contributed by atoms with van der Waals surface area (Å²) in [7, 11) is 0. The van der Waals surface area contributed by atoms with Crippen molar-refractivity contribution in [1.29, 1.82) is 5.26 Å². The van der Waals surface area contributed by atoms with Gasteiger partial charge in [0.2, 0.25) is 5.95 Å². The predicted octanol–water partition coefficient (Wildman–Crippen LogP) is 4.65. The lowest BCUT2D eigenvalue weighted by molar-refractivity contribution is 0.0908. The fourth-order valence-corrected chi connectivity index (χ4v) is 3.97. The van der Waals surface area contributed by atoms with Gasteiger partial charge in [-0.3, -0.25) is 0 Å². The molecule has 0 spiro atoms. The molecule has 1 aromatic heterocycles. The fourth-order valence-electron chi connectivity index (χ4n) is 3.97. The maximum absolute atomic E-state index is 11.7. The number of aromatic nitrogens is 2. The van der Waals surface area contributed by atoms with Gasteiger partial charge in [-0.1, -0.05) is 19.4 Å². The van der Waals surface area contributed by atoms with Crippen molar-refractivity contribution >= 4 is 23.5 Å². The van der Waals surface area contributed by atoms with Crippen molar-refractivity contribution in [3.8, 4) is 6.07 Å². The maximum Gasteiger partial charge on any atom is 0.407 e. The highest BCUT2D eigenvalue weighted by Crippen LogP contribution is 2.27. The lowest BCUT2D eigenvalue weighted by Gasteiger charge is -2.35. The lowest BCUT2D eigenvalue weighted by Crippen LogP contribution is -2.47. The number of amides is 1. The Morgan fingerprint density at radius 2 is 2.12 bits per heavy atom. The minimum atomic E-state index is -0.880. The zero-order chi connectivity index (χ0) is 23.3. The van der Waals surface area contributed by atoms with Gasteiger partial charge in [0.05, 0.1) is 11.6 Å². The molecule has 8 nitrogen and oxygen atoms in total. The number of nitrogens with zero attached hydrogens (tertiary/aromatic N) is 5. The Kier molecular flexibility index (Phi) is 7.18. The summed E-state index contributed by atoms with van der Waals surface area (Å²) in [5.74, 6) is 1.60. The van der Waals surface area contributed by atoms with Crippen LogP contribution in [-0.4, -0.2) is 51.2 Å². The molecule has 0 bridgehead atoms. The quantitative estimate of drug-likeness (QED) is 0.651. The molecule has 1 aromatic carbocycles. The van der Waals surface area contributed by atoms with E-state index in [4.69, 9.17) is 10.2 Å². The van der Waals surface area contributed by atoms with Gasteiger partial charge in [0.1, 0.15) is 5.82 Å². The Balaban J connectivity index is 1.78. The summed E-state index contributed by atoms with van der Waals surface area (Å²) in [6.07, 6.45) is 1.85. The molecule has 1 aliphatic heterocycles. The second-order valence-corrected chi connectivity index (χ2v) is 9.27. The summed E-state index contributed by atoms with van der Waals surface area (Å²) >= 11 is 0. The Hall–Kier alpha value is -3.34. The number of nitriles is 1. The molecule has 170 valence electrons. The van der Waals surface area contributed by atoms with Gasteiger partial charge in [0.25, 0.3) is 0 Å². The first kappa shape index (κ1) is 23.3. The molecule has 1 fully saturated rings. The van der Waals surface area contributed by atoms with E-state index in [9.17, 15) is 9.90 Å². The molecular formula is C24H32N6O2. The zero-order valence-corrected chi connectivity index (χ0v) is 19.3. The third-order valence-electron chi connectivity index (χ3n) is 5.61. The second-order valence-electron chi connectivity index (χ2n) is 9.27. The van der Waals surface area contributed by atoms with Gasteiger partial charge >= 0.3 is 6.09 Å². The van der Waals surface area contributed by atoms with Crippen molar-refractivity contribution in [3.63, 3.8) is 0 Å². The van der Waals surface area contributed by atoms with E-state index < -0.39 is 11.6 Å². The lowest BCUT2D eigenvalue weighted by atomic mass is 10.0. The molecule has 2 aromatic rings. The minimum Gasteiger partial charge on any atom is -0.465 e. The standard InChI is InChI=1S/C24H32N6O2/c1-5-7-19-13-21(28-22(26-19)27-20-9-6-8-17(12-20)14-25)29-11-10-18(15-29)16-30(23(31)32)24(2,3)4/h6,8-9,12-13,18H,5,7,10-11,15-16H2,1-4H3,(H,31,32)(H,26,27,28)/t18-/m1/s1. The molecule has 32 heavy (non-hydrogen) atoms. The molecule has 1 atom stereocenters. The number of anilines is 3. The summed E-state index contributed by atoms with van der Waals surface area (Å²) in [5.41, 5.74) is 1.87. The fraction of sp³-hybridized carbons (Fsp3) is 0.500. The Morgan fingerprint density at radius 1 is 1.34 bits per heavy atom. The highest BCUT2D eigenvalue weighted by atomic mass is 16.4. The van der Waals surface area contributed by atoms with Gasteiger partial charge in [-0.2, -0.15) is 10.2 Å². The summed E-state index contributed by atoms with van der Waals surface area (Å²) in [4.78, 5) is 24.9. The summed E-state index contributed by atoms with van der Waals surface area (Å²) in [5, 5.41) is 22.0. The number of hydrogen-bond acceptors (Lipinski definition) is 6. The van der Waals surface area contributed by atoms with Crippen LogP contribution in [0, 0.1) is 17.2 Å². The van der Waals surface area contributed by atoms with Gasteiger partial charge in [0.15, 0.2) is 0 Å². The van der Waals surface area contributed by atoms with Crippen LogP contribution in [0.5, 0.6) is 0 Å². The molecule has 1 aliphatic rings. The van der Waals surface area contributed by atoms with Gasteiger partial charge < -0.3 is 20.2 Å². The minimum absolute atomic E-state index is 0.249. The van der Waals surface area contributed by atoms with Gasteiger partial charge in [-0.05, 0) is 57.7 Å². The molecule has 8 heteroatoms. The zero-order valence-electron chi connectivity index (χ0n) is 19.3. The number of hydrogen-bond donors (Lipinski definition) is 2. The summed E-state index contributed by atoms with van der Waals surface area (Å²) in [6.45, 7) is 9.98. The van der Waals surface area contributed by atoms with Gasteiger partial charge in [0, 0.05) is 42.6 Å². The molecule has 0 radical (unpaired) electrons. The topological polar surface area (TPSA) is 105 Å². The normalized spacial score (nSPS) is 16.0. The monoisotopic (exact) mass is 436 g/mol. The van der Waals surface area contributed by atoms with Crippen LogP contribution in [0.2, 0.25) is 0 Å². The van der Waals surface area contributed by atoms with Crippen LogP contribution in [0.3, 0.4) is 0 Å². The maximum atomic E-state index is 11.7. The van der Waals surface area contributed by atoms with Crippen molar-refractivity contribution < 1.29 is 9.90 Å². The van der Waals surface area contributed by atoms with Crippen molar-refractivity contribution in [2.24, 2.45) is 5.92 Å². The Morgan fingerprint density at radius 3 is 2.78 bits per heavy atom. The van der Waals surface area contributed by atoms with E-state index >= 15 is 0 Å². The second kappa shape index (κ2) is 9.86. The van der Waals surface area contributed by atoms with Crippen LogP contribution in [0.4, 0.5) is 22.2 Å². The number of carboxylic acid groups (broad SMARTS) is 1. The SMILES string of the molecule is CCCc1cc(N2CC[C@@H](CN(C(=O)O)C(C)(C)C)C2)nc(Nc2cccc(C#N)c2)n1. The average Bonchev–Trinajstić information content (AvgIpc) is 3.20. The molecule has 1 amide bonds. The van der Waals surface area contributed by atoms with Crippen molar-refractivity contribution in [2.45, 2.75) is 52.5 Å². The number of benzene rings is 1. The van der Waals surface area contributed by atoms with E-state index in [1.807, 2.05) is 39.0 Å². The first-order valence-electron chi connectivity index (χ1n) is 11.1. The largest absolute Gasteiger partial charge is 0.465 e. The number of nitrogens with one attached hydrogen (secondary N) is 1. The average molecular weight is 437 g/mol. The molecule has 1 saturated heterocycles. The van der Waals surface area contributed by atoms with E-state index in [2.05, 4.69) is 28.2 Å². The molecule has 2 N–H and O–H groups in total. The molecule has 2 heterocycles. The number of aryl methyl sites for hydroxylation is 1. The third-order valence-corrected chi connectivity index (χ3v) is 5.61. The van der Waals surface area contributed by atoms with Crippen molar-refractivity contribution in [1.82, 2.24) is 14.9 Å². The highest BCUT2D eigenvalue weighted by molar-refractivity contribution is 5.66.